The number of thiazole rings is 1. The van der Waals surface area contributed by atoms with Crippen LogP contribution in [0.4, 0.5) is 10.8 Å². The number of aromatic nitrogens is 1. The number of Topliss-reactive ketones (excluding diaryl/α,β-unsaturated/α-hetero) is 1. The molecular formula is C22H22N4O4S2. The zero-order chi connectivity index (χ0) is 22.7. The van der Waals surface area contributed by atoms with Crippen molar-refractivity contribution in [1.82, 2.24) is 4.98 Å². The molecule has 0 radical (unpaired) electrons. The Morgan fingerprint density at radius 3 is 2.75 bits per heavy atom. The molecule has 1 unspecified atom stereocenters. The topological polar surface area (TPSA) is 112 Å². The largest absolute Gasteiger partial charge is 0.490 e. The van der Waals surface area contributed by atoms with Gasteiger partial charge in [-0.05, 0) is 24.6 Å². The van der Waals surface area contributed by atoms with Crippen LogP contribution in [0.5, 0.6) is 5.75 Å². The van der Waals surface area contributed by atoms with E-state index in [0.29, 0.717) is 36.7 Å². The van der Waals surface area contributed by atoms with E-state index in [-0.39, 0.29) is 21.5 Å². The Kier molecular flexibility index (Phi) is 6.24. The number of nitrogens with zero attached hydrogens (tertiary/aromatic N) is 2. The molecule has 32 heavy (non-hydrogen) atoms. The number of anilines is 2. The Labute approximate surface area is 190 Å². The van der Waals surface area contributed by atoms with Gasteiger partial charge in [0.05, 0.1) is 28.8 Å². The molecule has 4 rings (SSSR count). The highest BCUT2D eigenvalue weighted by atomic mass is 32.2. The number of carbonyl (C=O) groups excluding carboxylic acids is 1. The van der Waals surface area contributed by atoms with E-state index in [0.717, 1.165) is 0 Å². The summed E-state index contributed by atoms with van der Waals surface area (Å²) in [6.07, 6.45) is 1.52. The summed E-state index contributed by atoms with van der Waals surface area (Å²) in [5, 5.41) is 10.5. The molecule has 0 bridgehead atoms. The molecule has 1 atom stereocenters. The molecule has 2 heterocycles. The third kappa shape index (κ3) is 4.66. The van der Waals surface area contributed by atoms with Gasteiger partial charge in [-0.25, -0.2) is 13.4 Å². The molecule has 2 aromatic carbocycles. The molecule has 0 saturated heterocycles. The van der Waals surface area contributed by atoms with Crippen molar-refractivity contribution in [2.45, 2.75) is 11.8 Å². The number of hydrogen-bond acceptors (Lipinski definition) is 8. The first-order chi connectivity index (χ1) is 15.3. The quantitative estimate of drug-likeness (QED) is 0.488. The molecule has 166 valence electrons. The predicted molar refractivity (Wildman–Crippen MR) is 125 cm³/mol. The number of sulfonamides is 1. The van der Waals surface area contributed by atoms with Crippen molar-refractivity contribution >= 4 is 43.7 Å². The molecule has 3 aromatic rings. The second-order valence-corrected chi connectivity index (χ2v) is 9.89. The number of carbonyl (C=O) groups is 1. The fraction of sp³-hybridized carbons (Fsp3) is 0.227. The van der Waals surface area contributed by atoms with Crippen LogP contribution in [0.2, 0.25) is 0 Å². The van der Waals surface area contributed by atoms with Crippen molar-refractivity contribution in [2.24, 2.45) is 5.92 Å². The molecule has 0 saturated carbocycles. The summed E-state index contributed by atoms with van der Waals surface area (Å²) in [7, 11) is -3.81. The lowest BCUT2D eigenvalue weighted by Crippen LogP contribution is -2.41. The third-order valence-corrected chi connectivity index (χ3v) is 7.34. The summed E-state index contributed by atoms with van der Waals surface area (Å²) in [5.74, 6) is -0.288. The van der Waals surface area contributed by atoms with Crippen molar-refractivity contribution in [1.29, 1.82) is 5.41 Å². The third-order valence-electron chi connectivity index (χ3n) is 5.18. The zero-order valence-corrected chi connectivity index (χ0v) is 18.9. The van der Waals surface area contributed by atoms with Crippen molar-refractivity contribution in [3.05, 3.63) is 65.7 Å². The van der Waals surface area contributed by atoms with Crippen LogP contribution in [0.25, 0.3) is 0 Å². The summed E-state index contributed by atoms with van der Waals surface area (Å²) >= 11 is 1.19. The second kappa shape index (κ2) is 9.09. The minimum Gasteiger partial charge on any atom is -0.490 e. The monoisotopic (exact) mass is 470 g/mol. The second-order valence-electron chi connectivity index (χ2n) is 7.31. The van der Waals surface area contributed by atoms with Crippen LogP contribution in [-0.2, 0) is 14.8 Å². The van der Waals surface area contributed by atoms with Crippen LogP contribution in [-0.4, -0.2) is 44.6 Å². The average molecular weight is 471 g/mol. The van der Waals surface area contributed by atoms with Gasteiger partial charge >= 0.3 is 0 Å². The molecule has 1 aliphatic rings. The first-order valence-electron chi connectivity index (χ1n) is 9.93. The van der Waals surface area contributed by atoms with Crippen LogP contribution in [0.15, 0.2) is 65.0 Å². The van der Waals surface area contributed by atoms with Gasteiger partial charge in [0, 0.05) is 24.2 Å². The van der Waals surface area contributed by atoms with Crippen LogP contribution in [0, 0.1) is 11.3 Å². The number of ether oxygens (including phenoxy) is 1. The molecule has 8 nitrogen and oxygen atoms in total. The predicted octanol–water partition coefficient (Wildman–Crippen LogP) is 3.42. The molecule has 0 amide bonds. The summed E-state index contributed by atoms with van der Waals surface area (Å²) in [5.41, 5.74) is 1.66. The van der Waals surface area contributed by atoms with Gasteiger partial charge in [-0.3, -0.25) is 9.52 Å². The highest BCUT2D eigenvalue weighted by Gasteiger charge is 2.28. The fourth-order valence-corrected chi connectivity index (χ4v) is 5.33. The van der Waals surface area contributed by atoms with Gasteiger partial charge in [-0.1, -0.05) is 30.3 Å². The minimum atomic E-state index is -3.81. The SMILES string of the molecule is CC(=O)C(CN1CCOc2cc(S(=O)(=O)Nc3nccs3)ccc21)C(=N)c1ccccc1. The van der Waals surface area contributed by atoms with Gasteiger partial charge in [-0.15, -0.1) is 11.3 Å². The van der Waals surface area contributed by atoms with Gasteiger partial charge in [0.15, 0.2) is 5.13 Å². The normalized spacial score (nSPS) is 14.2. The van der Waals surface area contributed by atoms with Crippen molar-refractivity contribution in [3.63, 3.8) is 0 Å². The number of benzene rings is 2. The van der Waals surface area contributed by atoms with E-state index in [2.05, 4.69) is 9.71 Å². The summed E-state index contributed by atoms with van der Waals surface area (Å²) in [6.45, 7) is 2.67. The molecule has 0 spiro atoms. The first kappa shape index (κ1) is 22.0. The summed E-state index contributed by atoms with van der Waals surface area (Å²) in [6, 6.07) is 13.8. The fourth-order valence-electron chi connectivity index (χ4n) is 3.52. The smallest absolute Gasteiger partial charge is 0.263 e. The van der Waals surface area contributed by atoms with Crippen molar-refractivity contribution < 1.29 is 17.9 Å². The number of ketones is 1. The average Bonchev–Trinajstić information content (AvgIpc) is 3.29. The molecule has 10 heteroatoms. The Balaban J connectivity index is 1.58. The lowest BCUT2D eigenvalue weighted by molar-refractivity contribution is -0.118. The molecular weight excluding hydrogens is 448 g/mol. The van der Waals surface area contributed by atoms with E-state index in [4.69, 9.17) is 10.1 Å². The lowest BCUT2D eigenvalue weighted by atomic mass is 9.92. The Bertz CT molecular complexity index is 1230. The van der Waals surface area contributed by atoms with Crippen LogP contribution in [0.3, 0.4) is 0 Å². The minimum absolute atomic E-state index is 0.0634. The van der Waals surface area contributed by atoms with Gasteiger partial charge in [0.2, 0.25) is 0 Å². The summed E-state index contributed by atoms with van der Waals surface area (Å²) in [4.78, 5) is 18.4. The molecule has 2 N–H and O–H groups in total. The van der Waals surface area contributed by atoms with E-state index in [1.807, 2.05) is 35.2 Å². The van der Waals surface area contributed by atoms with Gasteiger partial charge in [0.1, 0.15) is 18.1 Å². The standard InChI is InChI=1S/C22H22N4O4S2/c1-15(27)18(21(23)16-5-3-2-4-6-16)14-26-10-11-30-20-13-17(7-8-19(20)26)32(28,29)25-22-24-9-12-31-22/h2-9,12-13,18,23H,10-11,14H2,1H3,(H,24,25). The zero-order valence-electron chi connectivity index (χ0n) is 17.3. The maximum absolute atomic E-state index is 12.7. The van der Waals surface area contributed by atoms with Gasteiger partial charge in [-0.2, -0.15) is 0 Å². The highest BCUT2D eigenvalue weighted by molar-refractivity contribution is 7.93. The number of hydrogen-bond donors (Lipinski definition) is 2. The Morgan fingerprint density at radius 2 is 2.06 bits per heavy atom. The molecule has 0 fully saturated rings. The van der Waals surface area contributed by atoms with Gasteiger partial charge < -0.3 is 15.0 Å². The Hall–Kier alpha value is -3.24. The van der Waals surface area contributed by atoms with Crippen LogP contribution >= 0.6 is 11.3 Å². The van der Waals surface area contributed by atoms with E-state index in [1.54, 1.807) is 11.4 Å². The molecule has 0 aliphatic carbocycles. The van der Waals surface area contributed by atoms with Crippen molar-refractivity contribution in [2.75, 3.05) is 29.3 Å². The first-order valence-corrected chi connectivity index (χ1v) is 12.3. The van der Waals surface area contributed by atoms with Crippen molar-refractivity contribution in [3.8, 4) is 5.75 Å². The number of fused-ring (bicyclic) bond motifs is 1. The Morgan fingerprint density at radius 1 is 1.28 bits per heavy atom. The summed E-state index contributed by atoms with van der Waals surface area (Å²) < 4.78 is 33.6. The van der Waals surface area contributed by atoms with Crippen LogP contribution < -0.4 is 14.4 Å². The van der Waals surface area contributed by atoms with E-state index in [9.17, 15) is 13.2 Å². The van der Waals surface area contributed by atoms with Gasteiger partial charge in [0.25, 0.3) is 10.0 Å². The lowest BCUT2D eigenvalue weighted by Gasteiger charge is -2.34. The maximum Gasteiger partial charge on any atom is 0.263 e. The number of nitrogens with one attached hydrogen (secondary N) is 2. The highest BCUT2D eigenvalue weighted by Crippen LogP contribution is 2.35. The van der Waals surface area contributed by atoms with E-state index < -0.39 is 15.9 Å². The van der Waals surface area contributed by atoms with Crippen LogP contribution in [0.1, 0.15) is 12.5 Å². The van der Waals surface area contributed by atoms with E-state index >= 15 is 0 Å². The maximum atomic E-state index is 12.7. The van der Waals surface area contributed by atoms with E-state index in [1.165, 1.54) is 36.6 Å². The molecule has 1 aromatic heterocycles. The molecule has 1 aliphatic heterocycles. The number of rotatable bonds is 8.